The van der Waals surface area contributed by atoms with Crippen LogP contribution in [0.4, 0.5) is 10.5 Å². The minimum atomic E-state index is -0.167. The third-order valence-electron chi connectivity index (χ3n) is 4.55. The zero-order valence-electron chi connectivity index (χ0n) is 13.9. The number of amides is 2. The fourth-order valence-corrected chi connectivity index (χ4v) is 4.49. The Balaban J connectivity index is 1.68. The molecule has 4 nitrogen and oxygen atoms in total. The SMILES string of the molecule is O=C(Nc1ccc(Cl)cc1Cl)N1CCCn2cccc2C1c1ccsc1. The molecule has 7 heteroatoms. The van der Waals surface area contributed by atoms with Gasteiger partial charge in [-0.05, 0) is 59.1 Å². The van der Waals surface area contributed by atoms with Crippen molar-refractivity contribution in [3.8, 4) is 0 Å². The van der Waals surface area contributed by atoms with E-state index in [0.29, 0.717) is 22.3 Å². The maximum absolute atomic E-state index is 13.1. The lowest BCUT2D eigenvalue weighted by atomic mass is 10.1. The van der Waals surface area contributed by atoms with Gasteiger partial charge in [0.15, 0.2) is 0 Å². The Morgan fingerprint density at radius 1 is 1.19 bits per heavy atom. The van der Waals surface area contributed by atoms with Crippen LogP contribution in [-0.4, -0.2) is 22.0 Å². The predicted molar refractivity (Wildman–Crippen MR) is 107 cm³/mol. The minimum Gasteiger partial charge on any atom is -0.349 e. The number of anilines is 1. The Hall–Kier alpha value is -1.95. The summed E-state index contributed by atoms with van der Waals surface area (Å²) < 4.78 is 2.23. The monoisotopic (exact) mass is 405 g/mol. The Kier molecular flexibility index (Phi) is 4.94. The number of rotatable bonds is 2. The number of nitrogens with one attached hydrogen (secondary N) is 1. The van der Waals surface area contributed by atoms with E-state index >= 15 is 0 Å². The quantitative estimate of drug-likeness (QED) is 0.567. The molecule has 1 aliphatic rings. The number of thiophene rings is 1. The molecule has 1 atom stereocenters. The first-order chi connectivity index (χ1) is 12.6. The number of aryl methyl sites for hydroxylation is 1. The molecule has 1 N–H and O–H groups in total. The Bertz CT molecular complexity index is 923. The van der Waals surface area contributed by atoms with Crippen molar-refractivity contribution in [3.63, 3.8) is 0 Å². The van der Waals surface area contributed by atoms with Crippen molar-refractivity contribution >= 4 is 46.3 Å². The molecule has 4 rings (SSSR count). The van der Waals surface area contributed by atoms with Crippen molar-refractivity contribution in [2.24, 2.45) is 0 Å². The lowest BCUT2D eigenvalue weighted by molar-refractivity contribution is 0.199. The molecule has 1 aromatic carbocycles. The van der Waals surface area contributed by atoms with Gasteiger partial charge >= 0.3 is 6.03 Å². The van der Waals surface area contributed by atoms with E-state index in [2.05, 4.69) is 33.6 Å². The highest BCUT2D eigenvalue weighted by Crippen LogP contribution is 2.34. The highest BCUT2D eigenvalue weighted by atomic mass is 35.5. The molecule has 2 amide bonds. The molecule has 0 bridgehead atoms. The van der Waals surface area contributed by atoms with Gasteiger partial charge < -0.3 is 14.8 Å². The van der Waals surface area contributed by atoms with E-state index in [-0.39, 0.29) is 12.1 Å². The molecule has 0 saturated heterocycles. The number of aromatic nitrogens is 1. The first kappa shape index (κ1) is 17.5. The number of urea groups is 1. The van der Waals surface area contributed by atoms with Crippen molar-refractivity contribution in [3.05, 3.63) is 74.7 Å². The van der Waals surface area contributed by atoms with Gasteiger partial charge in [-0.25, -0.2) is 4.79 Å². The number of halogens is 2. The van der Waals surface area contributed by atoms with E-state index in [4.69, 9.17) is 23.2 Å². The van der Waals surface area contributed by atoms with Crippen LogP contribution in [0.25, 0.3) is 0 Å². The third-order valence-corrected chi connectivity index (χ3v) is 5.80. The van der Waals surface area contributed by atoms with E-state index < -0.39 is 0 Å². The van der Waals surface area contributed by atoms with Crippen molar-refractivity contribution in [2.75, 3.05) is 11.9 Å². The van der Waals surface area contributed by atoms with E-state index in [0.717, 1.165) is 24.2 Å². The molecule has 0 radical (unpaired) electrons. The van der Waals surface area contributed by atoms with Crippen LogP contribution in [0, 0.1) is 0 Å². The standard InChI is InChI=1S/C19H17Cl2N3OS/c20-14-4-5-16(15(21)11-14)22-19(25)24-9-2-8-23-7-1-3-17(23)18(24)13-6-10-26-12-13/h1,3-7,10-12,18H,2,8-9H2,(H,22,25). The molecule has 1 aliphatic heterocycles. The summed E-state index contributed by atoms with van der Waals surface area (Å²) >= 11 is 13.8. The summed E-state index contributed by atoms with van der Waals surface area (Å²) in [6, 6.07) is 11.0. The molecule has 134 valence electrons. The van der Waals surface area contributed by atoms with Crippen LogP contribution < -0.4 is 5.32 Å². The van der Waals surface area contributed by atoms with Gasteiger partial charge in [0.05, 0.1) is 16.8 Å². The van der Waals surface area contributed by atoms with Crippen LogP contribution in [0.5, 0.6) is 0 Å². The van der Waals surface area contributed by atoms with Crippen LogP contribution in [-0.2, 0) is 6.54 Å². The summed E-state index contributed by atoms with van der Waals surface area (Å²) in [5, 5.41) is 8.05. The van der Waals surface area contributed by atoms with Crippen molar-refractivity contribution in [2.45, 2.75) is 19.0 Å². The first-order valence-corrected chi connectivity index (χ1v) is 10.0. The summed E-state index contributed by atoms with van der Waals surface area (Å²) in [5.41, 5.74) is 2.80. The van der Waals surface area contributed by atoms with Crippen molar-refractivity contribution in [1.29, 1.82) is 0 Å². The van der Waals surface area contributed by atoms with Gasteiger partial charge in [-0.3, -0.25) is 0 Å². The van der Waals surface area contributed by atoms with Gasteiger partial charge in [0.2, 0.25) is 0 Å². The number of fused-ring (bicyclic) bond motifs is 1. The second-order valence-corrected chi connectivity index (χ2v) is 7.81. The molecule has 0 aliphatic carbocycles. The molecular formula is C19H17Cl2N3OS. The summed E-state index contributed by atoms with van der Waals surface area (Å²) in [6.45, 7) is 1.56. The fraction of sp³-hybridized carbons (Fsp3) is 0.211. The molecule has 1 unspecified atom stereocenters. The molecule has 2 aromatic heterocycles. The van der Waals surface area contributed by atoms with Gasteiger partial charge in [0.1, 0.15) is 0 Å². The summed E-state index contributed by atoms with van der Waals surface area (Å²) in [6.07, 6.45) is 2.97. The van der Waals surface area contributed by atoms with Gasteiger partial charge in [0, 0.05) is 30.0 Å². The van der Waals surface area contributed by atoms with E-state index in [1.807, 2.05) is 16.3 Å². The van der Waals surface area contributed by atoms with Gasteiger partial charge in [-0.15, -0.1) is 0 Å². The zero-order valence-corrected chi connectivity index (χ0v) is 16.2. The van der Waals surface area contributed by atoms with Crippen LogP contribution in [0.15, 0.2) is 53.4 Å². The second-order valence-electron chi connectivity index (χ2n) is 6.19. The predicted octanol–water partition coefficient (Wildman–Crippen LogP) is 5.88. The number of hydrogen-bond donors (Lipinski definition) is 1. The first-order valence-electron chi connectivity index (χ1n) is 8.33. The van der Waals surface area contributed by atoms with Crippen LogP contribution in [0.2, 0.25) is 10.0 Å². The van der Waals surface area contributed by atoms with Crippen molar-refractivity contribution < 1.29 is 4.79 Å². The Morgan fingerprint density at radius 3 is 2.85 bits per heavy atom. The number of hydrogen-bond acceptors (Lipinski definition) is 2. The van der Waals surface area contributed by atoms with Crippen LogP contribution in [0.3, 0.4) is 0 Å². The molecular weight excluding hydrogens is 389 g/mol. The van der Waals surface area contributed by atoms with Crippen LogP contribution >= 0.6 is 34.5 Å². The van der Waals surface area contributed by atoms with Gasteiger partial charge in [-0.2, -0.15) is 11.3 Å². The number of carbonyl (C=O) groups is 1. The van der Waals surface area contributed by atoms with Gasteiger partial charge in [-0.1, -0.05) is 23.2 Å². The lowest BCUT2D eigenvalue weighted by Gasteiger charge is -2.30. The summed E-state index contributed by atoms with van der Waals surface area (Å²) in [7, 11) is 0. The zero-order chi connectivity index (χ0) is 18.1. The Morgan fingerprint density at radius 2 is 2.08 bits per heavy atom. The average Bonchev–Trinajstić information content (AvgIpc) is 3.27. The molecule has 26 heavy (non-hydrogen) atoms. The minimum absolute atomic E-state index is 0.121. The second kappa shape index (κ2) is 7.35. The smallest absolute Gasteiger partial charge is 0.322 e. The number of carbonyl (C=O) groups excluding carboxylic acids is 1. The lowest BCUT2D eigenvalue weighted by Crippen LogP contribution is -2.38. The van der Waals surface area contributed by atoms with Crippen molar-refractivity contribution in [1.82, 2.24) is 9.47 Å². The van der Waals surface area contributed by atoms with E-state index in [9.17, 15) is 4.79 Å². The Labute approximate surface area is 166 Å². The number of nitrogens with zero attached hydrogens (tertiary/aromatic N) is 2. The normalized spacial score (nSPS) is 16.8. The van der Waals surface area contributed by atoms with E-state index in [1.54, 1.807) is 29.5 Å². The molecule has 3 heterocycles. The summed E-state index contributed by atoms with van der Waals surface area (Å²) in [4.78, 5) is 15.0. The molecule has 0 saturated carbocycles. The maximum atomic E-state index is 13.1. The average molecular weight is 406 g/mol. The van der Waals surface area contributed by atoms with E-state index in [1.165, 1.54) is 0 Å². The van der Waals surface area contributed by atoms with Gasteiger partial charge in [0.25, 0.3) is 0 Å². The number of benzene rings is 1. The fourth-order valence-electron chi connectivity index (χ4n) is 3.36. The largest absolute Gasteiger partial charge is 0.349 e. The molecule has 0 fully saturated rings. The third kappa shape index (κ3) is 3.34. The topological polar surface area (TPSA) is 37.3 Å². The van der Waals surface area contributed by atoms with Crippen LogP contribution in [0.1, 0.15) is 23.7 Å². The maximum Gasteiger partial charge on any atom is 0.322 e. The highest BCUT2D eigenvalue weighted by Gasteiger charge is 2.31. The highest BCUT2D eigenvalue weighted by molar-refractivity contribution is 7.08. The summed E-state index contributed by atoms with van der Waals surface area (Å²) in [5.74, 6) is 0. The molecule has 3 aromatic rings. The molecule has 0 spiro atoms.